The molecule has 2 heterocycles. The van der Waals surface area contributed by atoms with E-state index in [0.717, 1.165) is 26.1 Å². The van der Waals surface area contributed by atoms with E-state index in [9.17, 15) is 17.6 Å². The van der Waals surface area contributed by atoms with Crippen LogP contribution in [0.3, 0.4) is 0 Å². The van der Waals surface area contributed by atoms with Crippen molar-refractivity contribution in [2.75, 3.05) is 0 Å². The second kappa shape index (κ2) is 5.68. The van der Waals surface area contributed by atoms with Crippen molar-refractivity contribution in [1.82, 2.24) is 15.0 Å². The summed E-state index contributed by atoms with van der Waals surface area (Å²) in [7, 11) is 0. The first-order chi connectivity index (χ1) is 10.1. The van der Waals surface area contributed by atoms with Crippen LogP contribution in [0, 0.1) is 5.82 Å². The van der Waals surface area contributed by atoms with Crippen LogP contribution in [-0.4, -0.2) is 26.7 Å². The molecule has 9 heteroatoms. The van der Waals surface area contributed by atoms with Gasteiger partial charge in [-0.05, 0) is 19.9 Å². The monoisotopic (exact) mass is 335 g/mol. The van der Waals surface area contributed by atoms with E-state index in [2.05, 4.69) is 19.7 Å². The molecule has 0 unspecified atom stereocenters. The van der Waals surface area contributed by atoms with E-state index >= 15 is 0 Å². The molecule has 0 aliphatic heterocycles. The smallest absolute Gasteiger partial charge is 0.427 e. The van der Waals surface area contributed by atoms with E-state index in [4.69, 9.17) is 11.6 Å². The van der Waals surface area contributed by atoms with Crippen LogP contribution in [0.5, 0.6) is 5.88 Å². The van der Waals surface area contributed by atoms with E-state index in [1.807, 2.05) is 0 Å². The Labute approximate surface area is 128 Å². The van der Waals surface area contributed by atoms with Gasteiger partial charge in [-0.25, -0.2) is 14.4 Å². The second-order valence-corrected chi connectivity index (χ2v) is 5.23. The van der Waals surface area contributed by atoms with Crippen LogP contribution >= 0.6 is 11.6 Å². The molecule has 0 bridgehead atoms. The Hall–Kier alpha value is -1.96. The fourth-order valence-corrected chi connectivity index (χ4v) is 1.50. The van der Waals surface area contributed by atoms with E-state index in [1.165, 1.54) is 12.4 Å². The SMILES string of the molecule is CC(C)(Oc1ncc(-c2cnc(Cl)cn2)cc1F)C(F)(F)F. The average molecular weight is 336 g/mol. The fraction of sp³-hybridized carbons (Fsp3) is 0.308. The van der Waals surface area contributed by atoms with Crippen molar-refractivity contribution < 1.29 is 22.3 Å². The number of ether oxygens (including phenoxy) is 1. The molecule has 0 aliphatic rings. The van der Waals surface area contributed by atoms with Gasteiger partial charge in [-0.15, -0.1) is 0 Å². The zero-order chi connectivity index (χ0) is 16.5. The maximum Gasteiger partial charge on any atom is 0.427 e. The van der Waals surface area contributed by atoms with Gasteiger partial charge in [0.05, 0.1) is 18.1 Å². The molecule has 0 radical (unpaired) electrons. The Bertz CT molecular complexity index is 674. The first kappa shape index (κ1) is 16.4. The normalized spacial score (nSPS) is 12.3. The number of hydrogen-bond donors (Lipinski definition) is 0. The van der Waals surface area contributed by atoms with Gasteiger partial charge < -0.3 is 4.74 Å². The van der Waals surface area contributed by atoms with Crippen LogP contribution in [0.25, 0.3) is 11.3 Å². The first-order valence-electron chi connectivity index (χ1n) is 5.99. The molecule has 0 atom stereocenters. The van der Waals surface area contributed by atoms with Gasteiger partial charge in [0, 0.05) is 11.8 Å². The van der Waals surface area contributed by atoms with Gasteiger partial charge in [-0.1, -0.05) is 11.6 Å². The minimum atomic E-state index is -4.67. The molecular weight excluding hydrogens is 326 g/mol. The van der Waals surface area contributed by atoms with Gasteiger partial charge in [-0.2, -0.15) is 13.2 Å². The van der Waals surface area contributed by atoms with Gasteiger partial charge in [0.25, 0.3) is 5.88 Å². The molecular formula is C13H10ClF4N3O. The Kier molecular flexibility index (Phi) is 4.23. The lowest BCUT2D eigenvalue weighted by Crippen LogP contribution is -2.45. The molecule has 0 spiro atoms. The highest BCUT2D eigenvalue weighted by Crippen LogP contribution is 2.34. The number of aromatic nitrogens is 3. The zero-order valence-electron chi connectivity index (χ0n) is 11.4. The summed E-state index contributed by atoms with van der Waals surface area (Å²) in [5.41, 5.74) is -2.06. The lowest BCUT2D eigenvalue weighted by atomic mass is 10.1. The summed E-state index contributed by atoms with van der Waals surface area (Å²) in [4.78, 5) is 11.3. The third-order valence-corrected chi connectivity index (χ3v) is 2.95. The number of alkyl halides is 3. The van der Waals surface area contributed by atoms with Gasteiger partial charge >= 0.3 is 6.18 Å². The lowest BCUT2D eigenvalue weighted by Gasteiger charge is -2.28. The lowest BCUT2D eigenvalue weighted by molar-refractivity contribution is -0.235. The van der Waals surface area contributed by atoms with E-state index in [-0.39, 0.29) is 16.4 Å². The maximum absolute atomic E-state index is 13.9. The minimum absolute atomic E-state index is 0.157. The standard InChI is InChI=1S/C13H10ClF4N3O/c1-12(2,13(16,17)18)22-11-8(15)3-7(4-21-11)9-5-20-10(14)6-19-9/h3-6H,1-2H3. The van der Waals surface area contributed by atoms with Crippen LogP contribution in [0.4, 0.5) is 17.6 Å². The summed E-state index contributed by atoms with van der Waals surface area (Å²) in [5.74, 6) is -1.78. The molecule has 0 fully saturated rings. The van der Waals surface area contributed by atoms with Crippen molar-refractivity contribution in [1.29, 1.82) is 0 Å². The summed E-state index contributed by atoms with van der Waals surface area (Å²) >= 11 is 5.58. The summed E-state index contributed by atoms with van der Waals surface area (Å²) in [6, 6.07) is 0.965. The quantitative estimate of drug-likeness (QED) is 0.794. The molecule has 0 saturated carbocycles. The molecule has 0 N–H and O–H groups in total. The summed E-state index contributed by atoms with van der Waals surface area (Å²) < 4.78 is 56.7. The van der Waals surface area contributed by atoms with Gasteiger partial charge in [-0.3, -0.25) is 4.98 Å². The zero-order valence-corrected chi connectivity index (χ0v) is 12.2. The molecule has 22 heavy (non-hydrogen) atoms. The number of rotatable bonds is 3. The molecule has 2 rings (SSSR count). The van der Waals surface area contributed by atoms with Crippen molar-refractivity contribution in [2.24, 2.45) is 0 Å². The Morgan fingerprint density at radius 1 is 1.05 bits per heavy atom. The highest BCUT2D eigenvalue weighted by molar-refractivity contribution is 6.29. The topological polar surface area (TPSA) is 47.9 Å². The molecule has 118 valence electrons. The third-order valence-electron chi connectivity index (χ3n) is 2.76. The van der Waals surface area contributed by atoms with E-state index in [1.54, 1.807) is 0 Å². The minimum Gasteiger partial charge on any atom is -0.460 e. The first-order valence-corrected chi connectivity index (χ1v) is 6.37. The van der Waals surface area contributed by atoms with Crippen LogP contribution < -0.4 is 4.74 Å². The van der Waals surface area contributed by atoms with Gasteiger partial charge in [0.15, 0.2) is 11.4 Å². The second-order valence-electron chi connectivity index (χ2n) is 4.85. The summed E-state index contributed by atoms with van der Waals surface area (Å²) in [6.07, 6.45) is -0.977. The van der Waals surface area contributed by atoms with Gasteiger partial charge in [0.1, 0.15) is 5.15 Å². The Morgan fingerprint density at radius 3 is 2.23 bits per heavy atom. The molecule has 4 nitrogen and oxygen atoms in total. The van der Waals surface area contributed by atoms with E-state index in [0.29, 0.717) is 0 Å². The van der Waals surface area contributed by atoms with Crippen molar-refractivity contribution in [3.8, 4) is 17.1 Å². The van der Waals surface area contributed by atoms with Crippen LogP contribution in [0.15, 0.2) is 24.7 Å². The number of pyridine rings is 1. The van der Waals surface area contributed by atoms with Gasteiger partial charge in [0.2, 0.25) is 0 Å². The maximum atomic E-state index is 13.9. The van der Waals surface area contributed by atoms with Crippen LogP contribution in [-0.2, 0) is 0 Å². The number of hydrogen-bond acceptors (Lipinski definition) is 4. The van der Waals surface area contributed by atoms with Crippen LogP contribution in [0.1, 0.15) is 13.8 Å². The summed E-state index contributed by atoms with van der Waals surface area (Å²) in [6.45, 7) is 1.57. The molecule has 2 aromatic rings. The molecule has 2 aromatic heterocycles. The molecule has 0 amide bonds. The average Bonchev–Trinajstić information content (AvgIpc) is 2.40. The van der Waals surface area contributed by atoms with Crippen LogP contribution in [0.2, 0.25) is 5.15 Å². The summed E-state index contributed by atoms with van der Waals surface area (Å²) in [5, 5.41) is 0.157. The molecule has 0 saturated heterocycles. The molecule has 0 aliphatic carbocycles. The van der Waals surface area contributed by atoms with Crippen molar-refractivity contribution in [3.63, 3.8) is 0 Å². The highest BCUT2D eigenvalue weighted by atomic mass is 35.5. The predicted molar refractivity (Wildman–Crippen MR) is 71.0 cm³/mol. The fourth-order valence-electron chi connectivity index (χ4n) is 1.40. The van der Waals surface area contributed by atoms with Crippen molar-refractivity contribution in [2.45, 2.75) is 25.6 Å². The Morgan fingerprint density at radius 2 is 1.73 bits per heavy atom. The third kappa shape index (κ3) is 3.44. The highest BCUT2D eigenvalue weighted by Gasteiger charge is 2.50. The van der Waals surface area contributed by atoms with Crippen molar-refractivity contribution in [3.05, 3.63) is 35.6 Å². The predicted octanol–water partition coefficient (Wildman–Crippen LogP) is 4.05. The number of nitrogens with zero attached hydrogens (tertiary/aromatic N) is 3. The molecule has 0 aromatic carbocycles. The Balaban J connectivity index is 2.29. The van der Waals surface area contributed by atoms with E-state index < -0.39 is 23.5 Å². The van der Waals surface area contributed by atoms with Crippen molar-refractivity contribution >= 4 is 11.6 Å². The largest absolute Gasteiger partial charge is 0.460 e. The number of halogens is 5.